The van der Waals surface area contributed by atoms with Crippen LogP contribution in [-0.4, -0.2) is 20.3 Å². The van der Waals surface area contributed by atoms with Crippen molar-refractivity contribution in [2.45, 2.75) is 26.3 Å². The molecule has 4 heteroatoms. The number of hydrogen-bond acceptors (Lipinski definition) is 3. The molecule has 0 amide bonds. The first-order valence-electron chi connectivity index (χ1n) is 6.21. The molecule has 18 heavy (non-hydrogen) atoms. The molecule has 0 saturated carbocycles. The van der Waals surface area contributed by atoms with Gasteiger partial charge in [0, 0.05) is 13.2 Å². The van der Waals surface area contributed by atoms with E-state index in [2.05, 4.69) is 29.8 Å². The summed E-state index contributed by atoms with van der Waals surface area (Å²) in [5.41, 5.74) is 7.29. The average molecular weight is 316 g/mol. The van der Waals surface area contributed by atoms with Crippen LogP contribution >= 0.6 is 15.9 Å². The van der Waals surface area contributed by atoms with Gasteiger partial charge in [0.25, 0.3) is 0 Å². The van der Waals surface area contributed by atoms with Crippen LogP contribution in [0.3, 0.4) is 0 Å². The van der Waals surface area contributed by atoms with Gasteiger partial charge >= 0.3 is 0 Å². The van der Waals surface area contributed by atoms with Crippen molar-refractivity contribution in [1.29, 1.82) is 0 Å². The highest BCUT2D eigenvalue weighted by Crippen LogP contribution is 2.29. The second kappa shape index (κ2) is 7.77. The molecule has 1 aromatic carbocycles. The Bertz CT molecular complexity index is 369. The summed E-state index contributed by atoms with van der Waals surface area (Å²) in [5.74, 6) is 1.42. The molecule has 0 saturated heterocycles. The van der Waals surface area contributed by atoms with Gasteiger partial charge in [-0.15, -0.1) is 0 Å². The Morgan fingerprint density at radius 2 is 2.00 bits per heavy atom. The molecule has 0 aliphatic rings. The van der Waals surface area contributed by atoms with Crippen LogP contribution in [0.1, 0.15) is 31.9 Å². The summed E-state index contributed by atoms with van der Waals surface area (Å²) in [5, 5.41) is 0. The van der Waals surface area contributed by atoms with E-state index in [0.717, 1.165) is 22.2 Å². The molecule has 1 atom stereocenters. The van der Waals surface area contributed by atoms with Crippen molar-refractivity contribution in [2.75, 3.05) is 20.3 Å². The lowest BCUT2D eigenvalue weighted by atomic mass is 9.98. The van der Waals surface area contributed by atoms with Gasteiger partial charge in [-0.25, -0.2) is 0 Å². The van der Waals surface area contributed by atoms with Crippen molar-refractivity contribution < 1.29 is 9.47 Å². The number of rotatable bonds is 7. The maximum atomic E-state index is 6.15. The molecule has 1 aromatic rings. The van der Waals surface area contributed by atoms with Gasteiger partial charge in [-0.2, -0.15) is 0 Å². The maximum Gasteiger partial charge on any atom is 0.133 e. The van der Waals surface area contributed by atoms with Gasteiger partial charge in [-0.3, -0.25) is 0 Å². The molecule has 0 heterocycles. The first kappa shape index (κ1) is 15.5. The van der Waals surface area contributed by atoms with E-state index in [-0.39, 0.29) is 6.04 Å². The van der Waals surface area contributed by atoms with Gasteiger partial charge < -0.3 is 15.2 Å². The van der Waals surface area contributed by atoms with Crippen LogP contribution in [0.2, 0.25) is 0 Å². The normalized spacial score (nSPS) is 12.8. The number of hydrogen-bond donors (Lipinski definition) is 1. The van der Waals surface area contributed by atoms with Gasteiger partial charge in [0.05, 0.1) is 11.1 Å². The van der Waals surface area contributed by atoms with Crippen LogP contribution in [0.4, 0.5) is 0 Å². The number of methoxy groups -OCH3 is 1. The monoisotopic (exact) mass is 315 g/mol. The first-order valence-corrected chi connectivity index (χ1v) is 7.00. The number of nitrogens with two attached hydrogens (primary N) is 1. The molecular formula is C14H22BrNO2. The second-order valence-electron chi connectivity index (χ2n) is 4.77. The Morgan fingerprint density at radius 1 is 1.28 bits per heavy atom. The predicted molar refractivity (Wildman–Crippen MR) is 77.9 cm³/mol. The first-order chi connectivity index (χ1) is 8.54. The van der Waals surface area contributed by atoms with Crippen molar-refractivity contribution in [1.82, 2.24) is 0 Å². The zero-order valence-corrected chi connectivity index (χ0v) is 12.9. The van der Waals surface area contributed by atoms with Gasteiger partial charge in [-0.05, 0) is 46.0 Å². The fourth-order valence-corrected chi connectivity index (χ4v) is 2.25. The molecule has 0 aromatic heterocycles. The summed E-state index contributed by atoms with van der Waals surface area (Å²) in [7, 11) is 1.66. The highest BCUT2D eigenvalue weighted by molar-refractivity contribution is 9.10. The van der Waals surface area contributed by atoms with Crippen LogP contribution in [0, 0.1) is 5.92 Å². The van der Waals surface area contributed by atoms with Crippen molar-refractivity contribution in [3.8, 4) is 5.75 Å². The van der Waals surface area contributed by atoms with E-state index in [1.165, 1.54) is 0 Å². The molecule has 0 aliphatic heterocycles. The highest BCUT2D eigenvalue weighted by Gasteiger charge is 2.10. The molecule has 1 unspecified atom stereocenters. The van der Waals surface area contributed by atoms with E-state index in [9.17, 15) is 0 Å². The lowest BCUT2D eigenvalue weighted by Crippen LogP contribution is -2.13. The maximum absolute atomic E-state index is 6.15. The van der Waals surface area contributed by atoms with Gasteiger partial charge in [0.1, 0.15) is 12.4 Å². The molecule has 0 spiro atoms. The van der Waals surface area contributed by atoms with Crippen molar-refractivity contribution >= 4 is 15.9 Å². The van der Waals surface area contributed by atoms with Gasteiger partial charge in [0.2, 0.25) is 0 Å². The highest BCUT2D eigenvalue weighted by atomic mass is 79.9. The second-order valence-corrected chi connectivity index (χ2v) is 5.62. The summed E-state index contributed by atoms with van der Waals surface area (Å²) in [4.78, 5) is 0. The molecule has 0 fully saturated rings. The van der Waals surface area contributed by atoms with Gasteiger partial charge in [-0.1, -0.05) is 19.9 Å². The average Bonchev–Trinajstić information content (AvgIpc) is 2.30. The molecule has 0 bridgehead atoms. The quantitative estimate of drug-likeness (QED) is 0.783. The fraction of sp³-hybridized carbons (Fsp3) is 0.571. The van der Waals surface area contributed by atoms with Crippen molar-refractivity contribution in [3.63, 3.8) is 0 Å². The Kier molecular flexibility index (Phi) is 6.68. The third-order valence-corrected chi connectivity index (χ3v) is 3.27. The van der Waals surface area contributed by atoms with E-state index < -0.39 is 0 Å². The van der Waals surface area contributed by atoms with E-state index >= 15 is 0 Å². The molecule has 0 radical (unpaired) electrons. The fourth-order valence-electron chi connectivity index (χ4n) is 1.74. The van der Waals surface area contributed by atoms with Crippen LogP contribution in [0.15, 0.2) is 22.7 Å². The van der Waals surface area contributed by atoms with E-state index in [1.807, 2.05) is 18.2 Å². The number of halogens is 1. The predicted octanol–water partition coefficient (Wildman–Crippen LogP) is 3.52. The molecule has 102 valence electrons. The smallest absolute Gasteiger partial charge is 0.133 e. The lowest BCUT2D eigenvalue weighted by molar-refractivity contribution is 0.146. The van der Waals surface area contributed by atoms with Crippen LogP contribution in [0.5, 0.6) is 5.75 Å². The molecule has 2 N–H and O–H groups in total. The minimum absolute atomic E-state index is 0.0781. The number of ether oxygens (including phenoxy) is 2. The zero-order valence-electron chi connectivity index (χ0n) is 11.3. The van der Waals surface area contributed by atoms with Crippen molar-refractivity contribution in [2.24, 2.45) is 11.7 Å². The van der Waals surface area contributed by atoms with Crippen LogP contribution in [0.25, 0.3) is 0 Å². The molecule has 0 aliphatic carbocycles. The third kappa shape index (κ3) is 4.96. The Morgan fingerprint density at radius 3 is 2.56 bits per heavy atom. The van der Waals surface area contributed by atoms with E-state index in [0.29, 0.717) is 19.1 Å². The van der Waals surface area contributed by atoms with E-state index in [4.69, 9.17) is 15.2 Å². The minimum Gasteiger partial charge on any atom is -0.490 e. The molecule has 1 rings (SSSR count). The third-order valence-electron chi connectivity index (χ3n) is 2.65. The Hall–Kier alpha value is -0.580. The number of benzene rings is 1. The molecular weight excluding hydrogens is 294 g/mol. The SMILES string of the molecule is COCCOc1ccc(C(N)CC(C)C)cc1Br. The van der Waals surface area contributed by atoms with Gasteiger partial charge in [0.15, 0.2) is 0 Å². The van der Waals surface area contributed by atoms with Crippen LogP contribution in [-0.2, 0) is 4.74 Å². The summed E-state index contributed by atoms with van der Waals surface area (Å²) in [6, 6.07) is 6.10. The topological polar surface area (TPSA) is 44.5 Å². The molecule has 3 nitrogen and oxygen atoms in total. The Labute approximate surface area is 118 Å². The van der Waals surface area contributed by atoms with E-state index in [1.54, 1.807) is 7.11 Å². The van der Waals surface area contributed by atoms with Crippen LogP contribution < -0.4 is 10.5 Å². The summed E-state index contributed by atoms with van der Waals surface area (Å²) in [6.07, 6.45) is 0.982. The van der Waals surface area contributed by atoms with Crippen molar-refractivity contribution in [3.05, 3.63) is 28.2 Å². The summed E-state index contributed by atoms with van der Waals surface area (Å²) in [6.45, 7) is 5.49. The zero-order chi connectivity index (χ0) is 13.5. The lowest BCUT2D eigenvalue weighted by Gasteiger charge is -2.16. The largest absolute Gasteiger partial charge is 0.490 e. The summed E-state index contributed by atoms with van der Waals surface area (Å²) < 4.78 is 11.5. The Balaban J connectivity index is 2.66. The standard InChI is InChI=1S/C14H22BrNO2/c1-10(2)8-13(16)11-4-5-14(12(15)9-11)18-7-6-17-3/h4-5,9-10,13H,6-8,16H2,1-3H3. The minimum atomic E-state index is 0.0781. The summed E-state index contributed by atoms with van der Waals surface area (Å²) >= 11 is 3.51.